The number of allylic oxidation sites excluding steroid dienone is 9. The van der Waals surface area contributed by atoms with Crippen LogP contribution in [0.2, 0.25) is 0 Å². The van der Waals surface area contributed by atoms with Crippen molar-refractivity contribution in [2.45, 2.75) is 199 Å². The van der Waals surface area contributed by atoms with Gasteiger partial charge in [-0.2, -0.15) is 8.42 Å². The fourth-order valence-electron chi connectivity index (χ4n) is 5.99. The van der Waals surface area contributed by atoms with E-state index in [0.29, 0.717) is 12.8 Å². The van der Waals surface area contributed by atoms with Crippen molar-refractivity contribution in [3.63, 3.8) is 0 Å². The maximum absolute atomic E-state index is 12.4. The third-order valence-electron chi connectivity index (χ3n) is 9.02. The number of nitrogens with one attached hydrogen (secondary N) is 1. The first-order chi connectivity index (χ1) is 24.3. The van der Waals surface area contributed by atoms with Gasteiger partial charge in [-0.05, 0) is 38.5 Å². The van der Waals surface area contributed by atoms with Gasteiger partial charge in [0.15, 0.2) is 0 Å². The Kier molecular flexibility index (Phi) is 35.4. The lowest BCUT2D eigenvalue weighted by molar-refractivity contribution is -0.121. The van der Waals surface area contributed by atoms with Crippen molar-refractivity contribution in [2.75, 3.05) is 5.75 Å². The van der Waals surface area contributed by atoms with Gasteiger partial charge in [-0.1, -0.05) is 203 Å². The van der Waals surface area contributed by atoms with E-state index < -0.39 is 28.0 Å². The average Bonchev–Trinajstić information content (AvgIpc) is 3.08. The molecule has 0 saturated carbocycles. The van der Waals surface area contributed by atoms with Crippen LogP contribution in [0.1, 0.15) is 187 Å². The van der Waals surface area contributed by atoms with Gasteiger partial charge in [0.2, 0.25) is 5.91 Å². The van der Waals surface area contributed by atoms with E-state index in [-0.39, 0.29) is 12.3 Å². The van der Waals surface area contributed by atoms with E-state index in [9.17, 15) is 22.9 Å². The van der Waals surface area contributed by atoms with Crippen molar-refractivity contribution < 1.29 is 22.9 Å². The Bertz CT molecular complexity index is 1010. The van der Waals surface area contributed by atoms with Gasteiger partial charge in [-0.15, -0.1) is 0 Å². The molecule has 0 aromatic carbocycles. The number of rotatable bonds is 36. The van der Waals surface area contributed by atoms with Gasteiger partial charge >= 0.3 is 0 Å². The summed E-state index contributed by atoms with van der Waals surface area (Å²) < 4.78 is 32.5. The zero-order chi connectivity index (χ0) is 36.8. The predicted octanol–water partition coefficient (Wildman–Crippen LogP) is 12.1. The first kappa shape index (κ1) is 48.0. The maximum Gasteiger partial charge on any atom is 0.266 e. The van der Waals surface area contributed by atoms with Crippen LogP contribution in [0.4, 0.5) is 0 Å². The summed E-state index contributed by atoms with van der Waals surface area (Å²) in [6.45, 7) is 4.40. The summed E-state index contributed by atoms with van der Waals surface area (Å²) in [5.74, 6) is -1.06. The largest absolute Gasteiger partial charge is 0.391 e. The number of carbonyl (C=O) groups is 1. The highest BCUT2D eigenvalue weighted by atomic mass is 32.2. The smallest absolute Gasteiger partial charge is 0.266 e. The van der Waals surface area contributed by atoms with E-state index in [1.807, 2.05) is 12.2 Å². The Labute approximate surface area is 309 Å². The van der Waals surface area contributed by atoms with E-state index in [1.165, 1.54) is 109 Å². The summed E-state index contributed by atoms with van der Waals surface area (Å²) in [5, 5.41) is 13.3. The van der Waals surface area contributed by atoms with Crippen molar-refractivity contribution in [1.29, 1.82) is 0 Å². The number of hydrogen-bond donors (Lipinski definition) is 3. The topological polar surface area (TPSA) is 104 Å². The molecular weight excluding hydrogens is 643 g/mol. The molecule has 0 saturated heterocycles. The molecule has 1 amide bonds. The second-order valence-corrected chi connectivity index (χ2v) is 15.4. The Morgan fingerprint density at radius 3 is 1.24 bits per heavy atom. The van der Waals surface area contributed by atoms with Gasteiger partial charge in [-0.3, -0.25) is 9.35 Å². The molecular formula is C43H77NO5S. The zero-order valence-electron chi connectivity index (χ0n) is 32.3. The Hall–Kier alpha value is -1.96. The fourth-order valence-corrected chi connectivity index (χ4v) is 6.75. The predicted molar refractivity (Wildman–Crippen MR) is 216 cm³/mol. The van der Waals surface area contributed by atoms with Gasteiger partial charge in [-0.25, -0.2) is 0 Å². The summed E-state index contributed by atoms with van der Waals surface area (Å²) in [7, 11) is -4.34. The molecule has 3 N–H and O–H groups in total. The molecule has 0 aromatic heterocycles. The molecule has 0 rings (SSSR count). The lowest BCUT2D eigenvalue weighted by Crippen LogP contribution is -2.47. The van der Waals surface area contributed by atoms with E-state index in [1.54, 1.807) is 6.08 Å². The summed E-state index contributed by atoms with van der Waals surface area (Å²) >= 11 is 0. The molecule has 0 bridgehead atoms. The molecule has 0 aliphatic heterocycles. The molecule has 0 aliphatic carbocycles. The molecule has 50 heavy (non-hydrogen) atoms. The van der Waals surface area contributed by atoms with Crippen LogP contribution in [0.5, 0.6) is 0 Å². The molecule has 2 atom stereocenters. The normalized spacial score (nSPS) is 13.9. The third kappa shape index (κ3) is 37.3. The van der Waals surface area contributed by atoms with Crippen LogP contribution in [0.25, 0.3) is 0 Å². The monoisotopic (exact) mass is 720 g/mol. The van der Waals surface area contributed by atoms with E-state index in [4.69, 9.17) is 0 Å². The van der Waals surface area contributed by atoms with E-state index >= 15 is 0 Å². The van der Waals surface area contributed by atoms with E-state index in [0.717, 1.165) is 44.9 Å². The summed E-state index contributed by atoms with van der Waals surface area (Å²) in [4.78, 5) is 12.4. The minimum Gasteiger partial charge on any atom is -0.391 e. The van der Waals surface area contributed by atoms with Gasteiger partial charge < -0.3 is 10.4 Å². The maximum atomic E-state index is 12.4. The quantitative estimate of drug-likeness (QED) is 0.0340. The number of unbranched alkanes of at least 4 members (excludes halogenated alkanes) is 19. The van der Waals surface area contributed by atoms with Crippen LogP contribution in [-0.4, -0.2) is 41.9 Å². The second-order valence-electron chi connectivity index (χ2n) is 13.9. The summed E-state index contributed by atoms with van der Waals surface area (Å²) in [6, 6.07) is -1.03. The number of hydrogen-bond acceptors (Lipinski definition) is 4. The molecule has 0 aromatic rings. The molecule has 6 nitrogen and oxygen atoms in total. The van der Waals surface area contributed by atoms with Gasteiger partial charge in [0.1, 0.15) is 0 Å². The number of amides is 1. The SMILES string of the molecule is CC/C=C\C/C=C\C/C=C\C/C=C\C/C=C\CC(=O)NC(CS(=O)(=O)O)C(O)CCCCCCCCCCCCCCCCCCCCCC. The Balaban J connectivity index is 3.96. The molecule has 0 radical (unpaired) electrons. The van der Waals surface area contributed by atoms with Gasteiger partial charge in [0.25, 0.3) is 10.1 Å². The summed E-state index contributed by atoms with van der Waals surface area (Å²) in [5.41, 5.74) is 0. The molecule has 7 heteroatoms. The van der Waals surface area contributed by atoms with Crippen molar-refractivity contribution in [3.8, 4) is 0 Å². The molecule has 0 fully saturated rings. The van der Waals surface area contributed by atoms with Crippen LogP contribution in [0.15, 0.2) is 60.8 Å². The molecule has 0 aliphatic rings. The minimum atomic E-state index is -4.34. The molecule has 0 heterocycles. The van der Waals surface area contributed by atoms with Crippen molar-refractivity contribution in [1.82, 2.24) is 5.32 Å². The average molecular weight is 720 g/mol. The highest BCUT2D eigenvalue weighted by Crippen LogP contribution is 2.16. The summed E-state index contributed by atoms with van der Waals surface area (Å²) in [6.07, 6.45) is 50.6. The third-order valence-corrected chi connectivity index (χ3v) is 9.80. The number of aliphatic hydroxyl groups is 1. The highest BCUT2D eigenvalue weighted by Gasteiger charge is 2.25. The van der Waals surface area contributed by atoms with Crippen LogP contribution in [-0.2, 0) is 14.9 Å². The van der Waals surface area contributed by atoms with Gasteiger partial charge in [0, 0.05) is 6.42 Å². The fraction of sp³-hybridized carbons (Fsp3) is 0.744. The first-order valence-electron chi connectivity index (χ1n) is 20.5. The molecule has 0 spiro atoms. The van der Waals surface area contributed by atoms with Crippen LogP contribution < -0.4 is 5.32 Å². The second kappa shape index (κ2) is 36.8. The minimum absolute atomic E-state index is 0.0848. The van der Waals surface area contributed by atoms with Crippen LogP contribution >= 0.6 is 0 Å². The lowest BCUT2D eigenvalue weighted by atomic mass is 10.0. The van der Waals surface area contributed by atoms with Crippen LogP contribution in [0, 0.1) is 0 Å². The molecule has 290 valence electrons. The zero-order valence-corrected chi connectivity index (χ0v) is 33.1. The molecule has 2 unspecified atom stereocenters. The lowest BCUT2D eigenvalue weighted by Gasteiger charge is -2.23. The van der Waals surface area contributed by atoms with Crippen molar-refractivity contribution in [3.05, 3.63) is 60.8 Å². The Morgan fingerprint density at radius 2 is 0.880 bits per heavy atom. The van der Waals surface area contributed by atoms with Crippen molar-refractivity contribution in [2.24, 2.45) is 0 Å². The highest BCUT2D eigenvalue weighted by molar-refractivity contribution is 7.85. The standard InChI is InChI=1S/C43H77NO5S/c1-3-5-7-9-11-13-15-17-19-20-21-22-23-25-26-28-30-32-34-36-38-42(45)41(40-50(47,48)49)44-43(46)39-37-35-33-31-29-27-24-18-16-14-12-10-8-6-4-2/h6,8,12,14,18,24,29,31,35,37,41-42,45H,3-5,7,9-11,13,15-17,19-23,25-28,30,32-34,36,38-40H2,1-2H3,(H,44,46)(H,47,48,49)/b8-6-,14-12-,24-18-,31-29-,37-35-. The first-order valence-corrected chi connectivity index (χ1v) is 22.1. The van der Waals surface area contributed by atoms with E-state index in [2.05, 4.69) is 61.7 Å². The number of carbonyl (C=O) groups excluding carboxylic acids is 1. The number of aliphatic hydroxyl groups excluding tert-OH is 1. The van der Waals surface area contributed by atoms with Crippen molar-refractivity contribution >= 4 is 16.0 Å². The van der Waals surface area contributed by atoms with Crippen LogP contribution in [0.3, 0.4) is 0 Å². The van der Waals surface area contributed by atoms with Gasteiger partial charge in [0.05, 0.1) is 17.9 Å². The Morgan fingerprint density at radius 1 is 0.540 bits per heavy atom.